The van der Waals surface area contributed by atoms with Crippen molar-refractivity contribution < 1.29 is 14.3 Å². The Hall–Kier alpha value is -0.880. The highest BCUT2D eigenvalue weighted by Gasteiger charge is 2.18. The van der Waals surface area contributed by atoms with Crippen LogP contribution >= 0.6 is 27.3 Å². The van der Waals surface area contributed by atoms with Gasteiger partial charge in [0.05, 0.1) is 12.0 Å². The number of aryl methyl sites for hydroxylation is 1. The monoisotopic (exact) mass is 319 g/mol. The van der Waals surface area contributed by atoms with Crippen molar-refractivity contribution in [1.82, 2.24) is 5.32 Å². The number of halogens is 1. The van der Waals surface area contributed by atoms with Gasteiger partial charge in [0, 0.05) is 6.54 Å². The first-order chi connectivity index (χ1) is 8.10. The Labute approximate surface area is 112 Å². The van der Waals surface area contributed by atoms with E-state index in [1.165, 1.54) is 18.4 Å². The van der Waals surface area contributed by atoms with Crippen LogP contribution in [0.3, 0.4) is 0 Å². The molecule has 0 spiro atoms. The van der Waals surface area contributed by atoms with E-state index in [4.69, 9.17) is 0 Å². The van der Waals surface area contributed by atoms with Crippen molar-refractivity contribution in [2.45, 2.75) is 18.2 Å². The fourth-order valence-corrected chi connectivity index (χ4v) is 2.55. The average Bonchev–Trinajstić information content (AvgIpc) is 2.82. The maximum absolute atomic E-state index is 11.8. The molecule has 0 aromatic carbocycles. The molecule has 0 fully saturated rings. The van der Waals surface area contributed by atoms with E-state index >= 15 is 0 Å². The Kier molecular flexibility index (Phi) is 5.64. The highest BCUT2D eigenvalue weighted by Crippen LogP contribution is 2.17. The number of methoxy groups -OCH3 is 1. The quantitative estimate of drug-likeness (QED) is 0.667. The van der Waals surface area contributed by atoms with Gasteiger partial charge in [0.1, 0.15) is 4.83 Å². The van der Waals surface area contributed by atoms with Crippen LogP contribution < -0.4 is 5.32 Å². The number of carbonyl (C=O) groups is 2. The molecule has 0 saturated heterocycles. The predicted molar refractivity (Wildman–Crippen MR) is 70.8 cm³/mol. The summed E-state index contributed by atoms with van der Waals surface area (Å²) in [4.78, 5) is 23.1. The van der Waals surface area contributed by atoms with Gasteiger partial charge in [-0.15, -0.1) is 11.3 Å². The van der Waals surface area contributed by atoms with E-state index in [1.54, 1.807) is 0 Å². The number of amides is 1. The summed E-state index contributed by atoms with van der Waals surface area (Å²) in [5, 5.41) is 4.59. The van der Waals surface area contributed by atoms with Crippen LogP contribution in [-0.4, -0.2) is 30.4 Å². The van der Waals surface area contributed by atoms with Gasteiger partial charge in [0.15, 0.2) is 0 Å². The van der Waals surface area contributed by atoms with Crippen LogP contribution in [0.5, 0.6) is 0 Å². The topological polar surface area (TPSA) is 55.4 Å². The minimum absolute atomic E-state index is 0.148. The van der Waals surface area contributed by atoms with E-state index in [9.17, 15) is 9.59 Å². The third-order valence-electron chi connectivity index (χ3n) is 2.23. The molecule has 0 radical (unpaired) electrons. The number of hydrogen-bond acceptors (Lipinski definition) is 4. The molecule has 1 rings (SSSR count). The molecule has 0 saturated carbocycles. The van der Waals surface area contributed by atoms with Crippen molar-refractivity contribution >= 4 is 39.1 Å². The van der Waals surface area contributed by atoms with Gasteiger partial charge < -0.3 is 10.1 Å². The highest BCUT2D eigenvalue weighted by atomic mass is 79.9. The van der Waals surface area contributed by atoms with Gasteiger partial charge in [-0.2, -0.15) is 0 Å². The highest BCUT2D eigenvalue weighted by molar-refractivity contribution is 9.10. The van der Waals surface area contributed by atoms with Crippen molar-refractivity contribution in [3.63, 3.8) is 0 Å². The Morgan fingerprint density at radius 3 is 2.88 bits per heavy atom. The second kappa shape index (κ2) is 6.76. The number of ether oxygens (including phenoxy) is 1. The molecule has 0 aliphatic heterocycles. The van der Waals surface area contributed by atoms with Gasteiger partial charge in [0.25, 0.3) is 5.91 Å². The van der Waals surface area contributed by atoms with Crippen LogP contribution in [0.2, 0.25) is 0 Å². The van der Waals surface area contributed by atoms with Crippen LogP contribution in [0.15, 0.2) is 11.4 Å². The van der Waals surface area contributed by atoms with E-state index in [-0.39, 0.29) is 12.5 Å². The minimum Gasteiger partial charge on any atom is -0.468 e. The molecular weight excluding hydrogens is 306 g/mol. The van der Waals surface area contributed by atoms with Gasteiger partial charge in [-0.05, 0) is 23.4 Å². The van der Waals surface area contributed by atoms with Crippen molar-refractivity contribution in [3.05, 3.63) is 21.9 Å². The summed E-state index contributed by atoms with van der Waals surface area (Å²) in [5.74, 6) is -0.544. The van der Waals surface area contributed by atoms with Gasteiger partial charge in [0.2, 0.25) is 0 Å². The molecule has 0 aliphatic rings. The summed E-state index contributed by atoms with van der Waals surface area (Å²) in [6.07, 6.45) is 0.820. The lowest BCUT2D eigenvalue weighted by Gasteiger charge is -2.09. The molecule has 1 heterocycles. The summed E-state index contributed by atoms with van der Waals surface area (Å²) in [6, 6.07) is 1.94. The zero-order chi connectivity index (χ0) is 12.8. The Bertz CT molecular complexity index is 405. The normalized spacial score (nSPS) is 11.9. The molecule has 4 nitrogen and oxygen atoms in total. The second-order valence-corrected chi connectivity index (χ2v) is 5.35. The lowest BCUT2D eigenvalue weighted by atomic mass is 10.2. The third-order valence-corrected chi connectivity index (χ3v) is 3.89. The zero-order valence-electron chi connectivity index (χ0n) is 9.66. The Morgan fingerprint density at radius 2 is 2.29 bits per heavy atom. The summed E-state index contributed by atoms with van der Waals surface area (Å²) in [5.41, 5.74) is 1.02. The zero-order valence-corrected chi connectivity index (χ0v) is 12.1. The van der Waals surface area contributed by atoms with E-state index < -0.39 is 10.8 Å². The smallest absolute Gasteiger partial charge is 0.321 e. The molecule has 1 unspecified atom stereocenters. The van der Waals surface area contributed by atoms with Crippen molar-refractivity contribution in [2.24, 2.45) is 0 Å². The third kappa shape index (κ3) is 3.81. The fraction of sp³-hybridized carbons (Fsp3) is 0.455. The average molecular weight is 320 g/mol. The molecule has 1 aromatic heterocycles. The lowest BCUT2D eigenvalue weighted by molar-refractivity contribution is -0.139. The molecule has 1 N–H and O–H groups in total. The summed E-state index contributed by atoms with van der Waals surface area (Å²) >= 11 is 4.55. The molecule has 1 atom stereocenters. The number of rotatable bonds is 5. The molecule has 1 aromatic rings. The lowest BCUT2D eigenvalue weighted by Crippen LogP contribution is -2.33. The molecule has 0 aliphatic carbocycles. The molecule has 17 heavy (non-hydrogen) atoms. The van der Waals surface area contributed by atoms with Gasteiger partial charge >= 0.3 is 5.97 Å². The Balaban J connectivity index is 2.53. The second-order valence-electron chi connectivity index (χ2n) is 3.33. The maximum atomic E-state index is 11.8. The van der Waals surface area contributed by atoms with Crippen LogP contribution in [0.1, 0.15) is 22.2 Å². The molecular formula is C11H14BrNO3S. The first-order valence-electron chi connectivity index (χ1n) is 5.16. The minimum atomic E-state index is -0.513. The van der Waals surface area contributed by atoms with Crippen LogP contribution in [0.4, 0.5) is 0 Å². The number of esters is 1. The number of nitrogens with one attached hydrogen (secondary N) is 1. The van der Waals surface area contributed by atoms with Crippen LogP contribution in [0.25, 0.3) is 0 Å². The summed E-state index contributed by atoms with van der Waals surface area (Å²) in [6.45, 7) is 2.22. The van der Waals surface area contributed by atoms with E-state index in [0.29, 0.717) is 4.88 Å². The van der Waals surface area contributed by atoms with Gasteiger partial charge in [-0.25, -0.2) is 0 Å². The molecule has 94 valence electrons. The van der Waals surface area contributed by atoms with E-state index in [1.807, 2.05) is 18.4 Å². The van der Waals surface area contributed by atoms with Crippen LogP contribution in [0, 0.1) is 0 Å². The van der Waals surface area contributed by atoms with Crippen molar-refractivity contribution in [1.29, 1.82) is 0 Å². The van der Waals surface area contributed by atoms with Crippen LogP contribution in [-0.2, 0) is 16.0 Å². The standard InChI is InChI=1S/C11H14BrNO3S/c1-3-7-4-5-17-9(7)10(14)13-6-8(12)11(15)16-2/h4-5,8H,3,6H2,1-2H3,(H,13,14). The number of alkyl halides is 1. The number of carbonyl (C=O) groups excluding carboxylic acids is 2. The summed E-state index contributed by atoms with van der Waals surface area (Å²) < 4.78 is 4.55. The predicted octanol–water partition coefficient (Wildman–Crippen LogP) is 1.98. The largest absolute Gasteiger partial charge is 0.468 e. The van der Waals surface area contributed by atoms with Crippen molar-refractivity contribution in [3.8, 4) is 0 Å². The van der Waals surface area contributed by atoms with E-state index in [0.717, 1.165) is 12.0 Å². The number of hydrogen-bond donors (Lipinski definition) is 1. The molecule has 0 bridgehead atoms. The first kappa shape index (κ1) is 14.2. The fourth-order valence-electron chi connectivity index (χ4n) is 1.29. The first-order valence-corrected chi connectivity index (χ1v) is 6.96. The number of thiophene rings is 1. The Morgan fingerprint density at radius 1 is 1.59 bits per heavy atom. The van der Waals surface area contributed by atoms with E-state index in [2.05, 4.69) is 26.0 Å². The van der Waals surface area contributed by atoms with Gasteiger partial charge in [-0.1, -0.05) is 22.9 Å². The molecule has 6 heteroatoms. The SMILES string of the molecule is CCc1ccsc1C(=O)NCC(Br)C(=O)OC. The summed E-state index contributed by atoms with van der Waals surface area (Å²) in [7, 11) is 1.31. The molecule has 1 amide bonds. The van der Waals surface area contributed by atoms with Gasteiger partial charge in [-0.3, -0.25) is 9.59 Å². The maximum Gasteiger partial charge on any atom is 0.321 e. The van der Waals surface area contributed by atoms with Crippen molar-refractivity contribution in [2.75, 3.05) is 13.7 Å².